The number of allylic oxidation sites excluding steroid dienone is 3. The summed E-state index contributed by atoms with van der Waals surface area (Å²) in [5.74, 6) is 1.77. The third kappa shape index (κ3) is 7.77. The van der Waals surface area contributed by atoms with Crippen LogP contribution in [0.15, 0.2) is 59.9 Å². The Balaban J connectivity index is 0.00000198. The molecule has 2 aromatic heterocycles. The Labute approximate surface area is 252 Å². The summed E-state index contributed by atoms with van der Waals surface area (Å²) in [4.78, 5) is 34.8. The van der Waals surface area contributed by atoms with Crippen LogP contribution in [0.3, 0.4) is 0 Å². The summed E-state index contributed by atoms with van der Waals surface area (Å²) in [6.45, 7) is 14.2. The number of fused-ring (bicyclic) bond motifs is 1. The van der Waals surface area contributed by atoms with E-state index < -0.39 is 0 Å². The van der Waals surface area contributed by atoms with E-state index in [4.69, 9.17) is 9.97 Å². The van der Waals surface area contributed by atoms with Crippen LogP contribution < -0.4 is 0 Å². The van der Waals surface area contributed by atoms with Crippen molar-refractivity contribution in [1.29, 1.82) is 0 Å². The first kappa shape index (κ1) is 31.7. The highest BCUT2D eigenvalue weighted by molar-refractivity contribution is 5.96. The number of pyridine rings is 1. The lowest BCUT2D eigenvalue weighted by Crippen LogP contribution is -2.46. The molecular weight excluding hydrogens is 522 g/mol. The van der Waals surface area contributed by atoms with Crippen molar-refractivity contribution >= 4 is 22.8 Å². The van der Waals surface area contributed by atoms with E-state index in [1.807, 2.05) is 33.0 Å². The molecule has 0 bridgehead atoms. The van der Waals surface area contributed by atoms with Crippen molar-refractivity contribution in [3.63, 3.8) is 0 Å². The molecule has 0 spiro atoms. The number of carbonyl (C=O) groups is 1. The van der Waals surface area contributed by atoms with Crippen LogP contribution in [0, 0.1) is 5.92 Å². The molecule has 5 heterocycles. The molecule has 3 aliphatic rings. The van der Waals surface area contributed by atoms with E-state index in [1.54, 1.807) is 0 Å². The normalized spacial score (nSPS) is 23.0. The molecule has 0 aromatic carbocycles. The van der Waals surface area contributed by atoms with Gasteiger partial charge in [-0.2, -0.15) is 0 Å². The molecule has 3 aliphatic heterocycles. The van der Waals surface area contributed by atoms with Gasteiger partial charge < -0.3 is 14.4 Å². The maximum Gasteiger partial charge on any atom is 0.225 e. The number of hydrogen-bond acceptors (Lipinski definition) is 6. The zero-order valence-electron chi connectivity index (χ0n) is 26.5. The maximum atomic E-state index is 13.5. The minimum absolute atomic E-state index is 0.135. The van der Waals surface area contributed by atoms with Gasteiger partial charge >= 0.3 is 0 Å². The van der Waals surface area contributed by atoms with Gasteiger partial charge in [0.2, 0.25) is 5.91 Å². The van der Waals surface area contributed by atoms with Crippen molar-refractivity contribution in [3.8, 4) is 0 Å². The average molecular weight is 574 g/mol. The van der Waals surface area contributed by atoms with Crippen LogP contribution in [0.5, 0.6) is 0 Å². The van der Waals surface area contributed by atoms with Gasteiger partial charge in [-0.3, -0.25) is 14.7 Å². The smallest absolute Gasteiger partial charge is 0.225 e. The highest BCUT2D eigenvalue weighted by atomic mass is 16.2. The second-order valence-electron chi connectivity index (χ2n) is 11.4. The number of carbonyl (C=O) groups excluding carboxylic acids is 1. The van der Waals surface area contributed by atoms with Crippen molar-refractivity contribution in [1.82, 2.24) is 29.2 Å². The molecule has 2 aromatic rings. The van der Waals surface area contributed by atoms with Gasteiger partial charge in [0.25, 0.3) is 0 Å². The number of hydrogen-bond donors (Lipinski definition) is 0. The lowest BCUT2D eigenvalue weighted by Gasteiger charge is -2.38. The van der Waals surface area contributed by atoms with Gasteiger partial charge in [0.15, 0.2) is 5.65 Å². The number of likely N-dealkylation sites (N-methyl/N-ethyl adjacent to an activating group) is 1. The molecule has 2 saturated heterocycles. The zero-order valence-corrected chi connectivity index (χ0v) is 26.5. The third-order valence-corrected chi connectivity index (χ3v) is 8.48. The Hall–Kier alpha value is -3.26. The second kappa shape index (κ2) is 15.8. The molecule has 0 saturated carbocycles. The number of amides is 1. The van der Waals surface area contributed by atoms with Crippen LogP contribution in [0.2, 0.25) is 0 Å². The van der Waals surface area contributed by atoms with E-state index in [1.165, 1.54) is 0 Å². The molecule has 0 radical (unpaired) electrons. The molecular formula is C34H51N7O. The lowest BCUT2D eigenvalue weighted by atomic mass is 9.93. The van der Waals surface area contributed by atoms with Crippen LogP contribution in [0.4, 0.5) is 0 Å². The van der Waals surface area contributed by atoms with E-state index in [0.717, 1.165) is 101 Å². The topological polar surface area (TPSA) is 69.9 Å². The Morgan fingerprint density at radius 1 is 1.10 bits per heavy atom. The van der Waals surface area contributed by atoms with Crippen LogP contribution in [-0.2, 0) is 4.79 Å². The number of likely N-dealkylation sites (tertiary alicyclic amines) is 2. The third-order valence-electron chi connectivity index (χ3n) is 8.48. The highest BCUT2D eigenvalue weighted by Crippen LogP contribution is 2.33. The van der Waals surface area contributed by atoms with E-state index >= 15 is 0 Å². The fraction of sp³-hybridized carbons (Fsp3) is 0.588. The summed E-state index contributed by atoms with van der Waals surface area (Å²) in [5, 5.41) is 0. The van der Waals surface area contributed by atoms with Crippen molar-refractivity contribution in [2.24, 2.45) is 10.9 Å². The summed E-state index contributed by atoms with van der Waals surface area (Å²) < 4.78 is 2.39. The summed E-state index contributed by atoms with van der Waals surface area (Å²) in [7, 11) is 2.13. The summed E-state index contributed by atoms with van der Waals surface area (Å²) in [5.41, 5.74) is 3.06. The first-order chi connectivity index (χ1) is 20.6. The van der Waals surface area contributed by atoms with Gasteiger partial charge in [-0.15, -0.1) is 0 Å². The van der Waals surface area contributed by atoms with E-state index in [2.05, 4.69) is 80.9 Å². The van der Waals surface area contributed by atoms with Crippen molar-refractivity contribution < 1.29 is 4.79 Å². The molecule has 0 aliphatic carbocycles. The summed E-state index contributed by atoms with van der Waals surface area (Å²) >= 11 is 0. The number of aliphatic imine (C=N–C) groups is 1. The number of imidazole rings is 1. The lowest BCUT2D eigenvalue weighted by molar-refractivity contribution is -0.138. The fourth-order valence-corrected chi connectivity index (χ4v) is 6.45. The molecule has 2 fully saturated rings. The first-order valence-corrected chi connectivity index (χ1v) is 16.1. The standard InChI is InChI=1S/C32H45N7O.C2H6/c1-4-10-27(33-5-2)24-37-19-13-25(14-20-37)32(40)38-21-15-28(16-22-38)39-30(35-29-12-9-17-34-31(29)39)26-11-7-6-8-18-36(3)23-26;1-2/h4,7-12,17-18,25-26,28H,5-6,13-16,19-24H2,1-3H3;1-2H3/b10-4-,11-7-,18-8-,33-27?;. The molecule has 8 heteroatoms. The summed E-state index contributed by atoms with van der Waals surface area (Å²) in [6.07, 6.45) is 19.6. The quantitative estimate of drug-likeness (QED) is 0.307. The monoisotopic (exact) mass is 573 g/mol. The molecule has 1 amide bonds. The van der Waals surface area contributed by atoms with Gasteiger partial charge in [-0.05, 0) is 83.4 Å². The number of piperidine rings is 2. The van der Waals surface area contributed by atoms with Gasteiger partial charge in [-0.1, -0.05) is 38.2 Å². The predicted molar refractivity (Wildman–Crippen MR) is 174 cm³/mol. The Morgan fingerprint density at radius 3 is 2.57 bits per heavy atom. The van der Waals surface area contributed by atoms with E-state index in [9.17, 15) is 4.79 Å². The Morgan fingerprint density at radius 2 is 1.86 bits per heavy atom. The Kier molecular flexibility index (Phi) is 11.9. The average Bonchev–Trinajstić information content (AvgIpc) is 3.40. The molecule has 228 valence electrons. The van der Waals surface area contributed by atoms with Crippen molar-refractivity contribution in [2.75, 3.05) is 52.9 Å². The summed E-state index contributed by atoms with van der Waals surface area (Å²) in [6, 6.07) is 4.33. The van der Waals surface area contributed by atoms with Gasteiger partial charge in [0.1, 0.15) is 11.3 Å². The predicted octanol–water partition coefficient (Wildman–Crippen LogP) is 5.86. The van der Waals surface area contributed by atoms with Crippen molar-refractivity contribution in [3.05, 3.63) is 60.7 Å². The van der Waals surface area contributed by atoms with Crippen LogP contribution in [0.1, 0.15) is 77.6 Å². The molecule has 42 heavy (non-hydrogen) atoms. The van der Waals surface area contributed by atoms with Gasteiger partial charge in [-0.25, -0.2) is 9.97 Å². The zero-order chi connectivity index (χ0) is 29.9. The Bertz CT molecular complexity index is 1260. The fourth-order valence-electron chi connectivity index (χ4n) is 6.45. The number of rotatable bonds is 7. The minimum atomic E-state index is 0.135. The van der Waals surface area contributed by atoms with E-state index in [0.29, 0.717) is 11.9 Å². The molecule has 1 atom stereocenters. The molecule has 8 nitrogen and oxygen atoms in total. The SMILES string of the molecule is C/C=C\C(CN1CCC(C(=O)N2CCC(n3c(C4/C=C\C/C=C\N(C)C4)nc4cccnc43)CC2)CC1)=NCC.CC. The number of aromatic nitrogens is 3. The molecule has 1 unspecified atom stereocenters. The van der Waals surface area contributed by atoms with Crippen LogP contribution >= 0.6 is 0 Å². The molecule has 5 rings (SSSR count). The van der Waals surface area contributed by atoms with Gasteiger partial charge in [0, 0.05) is 63.6 Å². The van der Waals surface area contributed by atoms with Crippen LogP contribution in [0.25, 0.3) is 11.2 Å². The first-order valence-electron chi connectivity index (χ1n) is 16.1. The van der Waals surface area contributed by atoms with Gasteiger partial charge in [0.05, 0.1) is 5.92 Å². The van der Waals surface area contributed by atoms with E-state index in [-0.39, 0.29) is 11.8 Å². The maximum absolute atomic E-state index is 13.5. The molecule has 0 N–H and O–H groups in total. The van der Waals surface area contributed by atoms with Crippen molar-refractivity contribution in [2.45, 2.75) is 71.8 Å². The second-order valence-corrected chi connectivity index (χ2v) is 11.4. The van der Waals surface area contributed by atoms with Crippen LogP contribution in [-0.4, -0.2) is 93.7 Å². The highest BCUT2D eigenvalue weighted by Gasteiger charge is 2.33. The number of nitrogens with zero attached hydrogens (tertiary/aromatic N) is 7. The largest absolute Gasteiger partial charge is 0.380 e. The minimum Gasteiger partial charge on any atom is -0.380 e.